The number of imide groups is 1. The average molecular weight is 341 g/mol. The van der Waals surface area contributed by atoms with Gasteiger partial charge in [0.1, 0.15) is 11.8 Å². The zero-order valence-electron chi connectivity index (χ0n) is 11.5. The van der Waals surface area contributed by atoms with E-state index in [4.69, 9.17) is 4.74 Å². The Morgan fingerprint density at radius 1 is 1.40 bits per heavy atom. The molecule has 1 fully saturated rings. The molecule has 1 saturated heterocycles. The van der Waals surface area contributed by atoms with Crippen LogP contribution < -0.4 is 10.1 Å². The fourth-order valence-electron chi connectivity index (χ4n) is 2.22. The lowest BCUT2D eigenvalue weighted by atomic mass is 10.2. The molecule has 2 amide bonds. The van der Waals surface area contributed by atoms with Gasteiger partial charge in [-0.25, -0.2) is 0 Å². The molecular formula is C14H17BrN2O3. The highest BCUT2D eigenvalue weighted by molar-refractivity contribution is 9.10. The van der Waals surface area contributed by atoms with E-state index in [0.717, 1.165) is 16.6 Å². The average Bonchev–Trinajstić information content (AvgIpc) is 2.66. The fraction of sp³-hybridized carbons (Fsp3) is 0.429. The monoisotopic (exact) mass is 340 g/mol. The predicted octanol–water partition coefficient (Wildman–Crippen LogP) is 2.41. The van der Waals surface area contributed by atoms with Crippen LogP contribution in [0.15, 0.2) is 22.7 Å². The SMILES string of the molecule is CCCN1C(=O)CC(Nc2cc(Br)cc(OC)c2)C1=O. The Morgan fingerprint density at radius 2 is 2.15 bits per heavy atom. The Morgan fingerprint density at radius 3 is 2.80 bits per heavy atom. The van der Waals surface area contributed by atoms with Crippen molar-refractivity contribution in [2.75, 3.05) is 19.0 Å². The van der Waals surface area contributed by atoms with E-state index in [2.05, 4.69) is 21.2 Å². The number of hydrogen-bond acceptors (Lipinski definition) is 4. The summed E-state index contributed by atoms with van der Waals surface area (Å²) in [6.07, 6.45) is 0.975. The number of carbonyl (C=O) groups excluding carboxylic acids is 2. The van der Waals surface area contributed by atoms with Crippen LogP contribution in [-0.4, -0.2) is 36.4 Å². The zero-order chi connectivity index (χ0) is 14.7. The number of halogens is 1. The van der Waals surface area contributed by atoms with Crippen molar-refractivity contribution in [3.05, 3.63) is 22.7 Å². The Labute approximate surface area is 126 Å². The molecule has 0 aliphatic carbocycles. The highest BCUT2D eigenvalue weighted by Gasteiger charge is 2.37. The summed E-state index contributed by atoms with van der Waals surface area (Å²) in [4.78, 5) is 25.3. The first kappa shape index (κ1) is 14.8. The minimum atomic E-state index is -0.493. The number of nitrogens with one attached hydrogen (secondary N) is 1. The summed E-state index contributed by atoms with van der Waals surface area (Å²) >= 11 is 3.38. The van der Waals surface area contributed by atoms with Gasteiger partial charge < -0.3 is 10.1 Å². The van der Waals surface area contributed by atoms with Crippen LogP contribution in [0.2, 0.25) is 0 Å². The van der Waals surface area contributed by atoms with Crippen molar-refractivity contribution in [1.82, 2.24) is 4.90 Å². The third-order valence-corrected chi connectivity index (χ3v) is 3.60. The predicted molar refractivity (Wildman–Crippen MR) is 79.7 cm³/mol. The largest absolute Gasteiger partial charge is 0.497 e. The second kappa shape index (κ2) is 6.26. The molecule has 2 rings (SSSR count). The lowest BCUT2D eigenvalue weighted by molar-refractivity contribution is -0.138. The van der Waals surface area contributed by atoms with Gasteiger partial charge in [-0.2, -0.15) is 0 Å². The van der Waals surface area contributed by atoms with Crippen LogP contribution in [-0.2, 0) is 9.59 Å². The molecule has 1 unspecified atom stereocenters. The van der Waals surface area contributed by atoms with E-state index in [-0.39, 0.29) is 18.2 Å². The van der Waals surface area contributed by atoms with Gasteiger partial charge >= 0.3 is 0 Å². The highest BCUT2D eigenvalue weighted by Crippen LogP contribution is 2.26. The molecule has 108 valence electrons. The summed E-state index contributed by atoms with van der Waals surface area (Å²) < 4.78 is 6.02. The summed E-state index contributed by atoms with van der Waals surface area (Å²) in [6, 6.07) is 4.98. The maximum Gasteiger partial charge on any atom is 0.252 e. The maximum atomic E-state index is 12.1. The van der Waals surface area contributed by atoms with E-state index in [0.29, 0.717) is 12.3 Å². The minimum absolute atomic E-state index is 0.115. The third kappa shape index (κ3) is 3.12. The molecule has 5 nitrogen and oxygen atoms in total. The van der Waals surface area contributed by atoms with Gasteiger partial charge in [-0.15, -0.1) is 0 Å². The van der Waals surface area contributed by atoms with Crippen molar-refractivity contribution in [3.8, 4) is 5.75 Å². The van der Waals surface area contributed by atoms with Crippen LogP contribution in [0, 0.1) is 0 Å². The standard InChI is InChI=1S/C14H17BrN2O3/c1-3-4-17-13(18)8-12(14(17)19)16-10-5-9(15)6-11(7-10)20-2/h5-7,12,16H,3-4,8H2,1-2H3. The molecular weight excluding hydrogens is 324 g/mol. The number of nitrogens with zero attached hydrogens (tertiary/aromatic N) is 1. The van der Waals surface area contributed by atoms with Gasteiger partial charge in [-0.1, -0.05) is 22.9 Å². The Kier molecular flexibility index (Phi) is 4.65. The highest BCUT2D eigenvalue weighted by atomic mass is 79.9. The molecule has 1 aliphatic heterocycles. The summed E-state index contributed by atoms with van der Waals surface area (Å²) in [5.74, 6) is 0.413. The van der Waals surface area contributed by atoms with Gasteiger partial charge in [0.15, 0.2) is 0 Å². The lowest BCUT2D eigenvalue weighted by Gasteiger charge is -2.15. The summed E-state index contributed by atoms with van der Waals surface area (Å²) in [6.45, 7) is 2.43. The first-order valence-electron chi connectivity index (χ1n) is 6.50. The Bertz CT molecular complexity index is 533. The van der Waals surface area contributed by atoms with Crippen molar-refractivity contribution in [1.29, 1.82) is 0 Å². The van der Waals surface area contributed by atoms with Crippen molar-refractivity contribution < 1.29 is 14.3 Å². The van der Waals surface area contributed by atoms with Crippen molar-refractivity contribution >= 4 is 33.4 Å². The van der Waals surface area contributed by atoms with Crippen molar-refractivity contribution in [2.45, 2.75) is 25.8 Å². The molecule has 1 N–H and O–H groups in total. The number of amides is 2. The summed E-state index contributed by atoms with van der Waals surface area (Å²) in [5, 5.41) is 3.10. The smallest absolute Gasteiger partial charge is 0.252 e. The van der Waals surface area contributed by atoms with Gasteiger partial charge in [0.2, 0.25) is 5.91 Å². The molecule has 0 saturated carbocycles. The first-order chi connectivity index (χ1) is 9.55. The fourth-order valence-corrected chi connectivity index (χ4v) is 2.69. The number of likely N-dealkylation sites (tertiary alicyclic amines) is 1. The van der Waals surface area contributed by atoms with Crippen molar-refractivity contribution in [2.24, 2.45) is 0 Å². The quantitative estimate of drug-likeness (QED) is 0.836. The van der Waals surface area contributed by atoms with Gasteiger partial charge in [-0.3, -0.25) is 14.5 Å². The maximum absolute atomic E-state index is 12.1. The molecule has 0 spiro atoms. The number of benzene rings is 1. The van der Waals surface area contributed by atoms with Crippen LogP contribution in [0.1, 0.15) is 19.8 Å². The molecule has 0 aromatic heterocycles. The molecule has 1 aromatic carbocycles. The van der Waals surface area contributed by atoms with Crippen LogP contribution in [0.4, 0.5) is 5.69 Å². The molecule has 0 radical (unpaired) electrons. The summed E-state index contributed by atoms with van der Waals surface area (Å²) in [5.41, 5.74) is 0.751. The second-order valence-corrected chi connectivity index (χ2v) is 5.58. The van der Waals surface area contributed by atoms with Crippen molar-refractivity contribution in [3.63, 3.8) is 0 Å². The van der Waals surface area contributed by atoms with Crippen LogP contribution in [0.3, 0.4) is 0 Å². The van der Waals surface area contributed by atoms with Crippen LogP contribution in [0.25, 0.3) is 0 Å². The van der Waals surface area contributed by atoms with Gasteiger partial charge in [0.05, 0.1) is 13.5 Å². The third-order valence-electron chi connectivity index (χ3n) is 3.14. The van der Waals surface area contributed by atoms with E-state index < -0.39 is 6.04 Å². The second-order valence-electron chi connectivity index (χ2n) is 4.66. The van der Waals surface area contributed by atoms with E-state index in [9.17, 15) is 9.59 Å². The first-order valence-corrected chi connectivity index (χ1v) is 7.29. The number of rotatable bonds is 5. The van der Waals surface area contributed by atoms with E-state index in [1.54, 1.807) is 13.2 Å². The molecule has 6 heteroatoms. The number of methoxy groups -OCH3 is 1. The molecule has 1 aromatic rings. The molecule has 20 heavy (non-hydrogen) atoms. The normalized spacial score (nSPS) is 18.6. The molecule has 0 bridgehead atoms. The number of anilines is 1. The zero-order valence-corrected chi connectivity index (χ0v) is 13.1. The van der Waals surface area contributed by atoms with Gasteiger partial charge in [0.25, 0.3) is 5.91 Å². The number of ether oxygens (including phenoxy) is 1. The van der Waals surface area contributed by atoms with E-state index in [1.807, 2.05) is 19.1 Å². The van der Waals surface area contributed by atoms with Gasteiger partial charge in [0, 0.05) is 22.8 Å². The summed E-state index contributed by atoms with van der Waals surface area (Å²) in [7, 11) is 1.58. The molecule has 1 heterocycles. The minimum Gasteiger partial charge on any atom is -0.497 e. The molecule has 1 atom stereocenters. The number of carbonyl (C=O) groups is 2. The number of hydrogen-bond donors (Lipinski definition) is 1. The Balaban J connectivity index is 2.13. The topological polar surface area (TPSA) is 58.6 Å². The van der Waals surface area contributed by atoms with Gasteiger partial charge in [-0.05, 0) is 18.6 Å². The Hall–Kier alpha value is -1.56. The van der Waals surface area contributed by atoms with E-state index in [1.165, 1.54) is 4.90 Å². The van der Waals surface area contributed by atoms with E-state index >= 15 is 0 Å². The van der Waals surface area contributed by atoms with Crippen LogP contribution in [0.5, 0.6) is 5.75 Å². The molecule has 1 aliphatic rings. The van der Waals surface area contributed by atoms with Crippen LogP contribution >= 0.6 is 15.9 Å². The lowest BCUT2D eigenvalue weighted by Crippen LogP contribution is -2.35.